The lowest BCUT2D eigenvalue weighted by Crippen LogP contribution is -2.31. The Balaban J connectivity index is 1.75. The van der Waals surface area contributed by atoms with Crippen molar-refractivity contribution in [3.8, 4) is 0 Å². The first kappa shape index (κ1) is 17.9. The van der Waals surface area contributed by atoms with Crippen LogP contribution in [-0.4, -0.2) is 41.1 Å². The van der Waals surface area contributed by atoms with Crippen LogP contribution in [-0.2, 0) is 10.0 Å². The molecular formula is C15H17FN4O3S2. The average Bonchev–Trinajstić information content (AvgIpc) is 3.26. The molecule has 0 saturated carbocycles. The summed E-state index contributed by atoms with van der Waals surface area (Å²) in [7, 11) is -3.32. The molecule has 25 heavy (non-hydrogen) atoms. The minimum atomic E-state index is -3.32. The molecule has 1 aliphatic heterocycles. The average molecular weight is 384 g/mol. The van der Waals surface area contributed by atoms with Gasteiger partial charge in [0.25, 0.3) is 5.91 Å². The Morgan fingerprint density at radius 2 is 2.08 bits per heavy atom. The number of carbonyl (C=O) groups excluding carboxylic acids is 1. The van der Waals surface area contributed by atoms with Crippen molar-refractivity contribution in [2.24, 2.45) is 0 Å². The zero-order chi connectivity index (χ0) is 18.0. The van der Waals surface area contributed by atoms with E-state index in [0.29, 0.717) is 23.7 Å². The second kappa shape index (κ2) is 7.14. The lowest BCUT2D eigenvalue weighted by molar-refractivity contribution is 0.102. The Morgan fingerprint density at radius 1 is 1.36 bits per heavy atom. The molecule has 1 aromatic heterocycles. The van der Waals surface area contributed by atoms with Gasteiger partial charge in [-0.15, -0.1) is 10.2 Å². The number of sulfonamides is 1. The number of nitrogens with one attached hydrogen (secondary N) is 1. The van der Waals surface area contributed by atoms with E-state index in [4.69, 9.17) is 0 Å². The van der Waals surface area contributed by atoms with E-state index in [-0.39, 0.29) is 16.8 Å². The Hall–Kier alpha value is -1.91. The van der Waals surface area contributed by atoms with Crippen molar-refractivity contribution in [2.45, 2.75) is 25.8 Å². The molecule has 1 aromatic carbocycles. The first-order chi connectivity index (χ1) is 11.9. The van der Waals surface area contributed by atoms with E-state index < -0.39 is 21.7 Å². The van der Waals surface area contributed by atoms with Gasteiger partial charge in [-0.05, 0) is 44.0 Å². The van der Waals surface area contributed by atoms with Gasteiger partial charge in [-0.3, -0.25) is 4.79 Å². The van der Waals surface area contributed by atoms with Gasteiger partial charge < -0.3 is 5.32 Å². The van der Waals surface area contributed by atoms with Gasteiger partial charge in [0.1, 0.15) is 10.8 Å². The Bertz CT molecular complexity index is 867. The number of rotatable bonds is 5. The van der Waals surface area contributed by atoms with Gasteiger partial charge >= 0.3 is 0 Å². The summed E-state index contributed by atoms with van der Waals surface area (Å²) in [5.74, 6) is -0.826. The van der Waals surface area contributed by atoms with Crippen LogP contribution >= 0.6 is 11.3 Å². The van der Waals surface area contributed by atoms with Crippen molar-refractivity contribution in [3.05, 3.63) is 40.1 Å². The van der Waals surface area contributed by atoms with Crippen LogP contribution in [0.5, 0.6) is 0 Å². The number of hydrogen-bond acceptors (Lipinski definition) is 6. The highest BCUT2D eigenvalue weighted by molar-refractivity contribution is 7.89. The summed E-state index contributed by atoms with van der Waals surface area (Å²) in [6, 6.07) is 5.01. The molecule has 0 spiro atoms. The van der Waals surface area contributed by atoms with Crippen LogP contribution in [0, 0.1) is 5.82 Å². The van der Waals surface area contributed by atoms with Crippen LogP contribution in [0.3, 0.4) is 0 Å². The molecule has 1 N–H and O–H groups in total. The highest BCUT2D eigenvalue weighted by Gasteiger charge is 2.36. The number of benzene rings is 1. The minimum absolute atomic E-state index is 0.0280. The van der Waals surface area contributed by atoms with Gasteiger partial charge in [0.15, 0.2) is 0 Å². The predicted molar refractivity (Wildman–Crippen MR) is 92.4 cm³/mol. The normalized spacial score (nSPS) is 18.4. The van der Waals surface area contributed by atoms with Gasteiger partial charge in [-0.1, -0.05) is 11.3 Å². The summed E-state index contributed by atoms with van der Waals surface area (Å²) in [5.41, 5.74) is 0.444. The van der Waals surface area contributed by atoms with Gasteiger partial charge in [0.05, 0.1) is 11.8 Å². The van der Waals surface area contributed by atoms with Crippen LogP contribution in [0.4, 0.5) is 10.1 Å². The lowest BCUT2D eigenvalue weighted by atomic mass is 10.2. The fourth-order valence-electron chi connectivity index (χ4n) is 2.66. The predicted octanol–water partition coefficient (Wildman–Crippen LogP) is 2.42. The van der Waals surface area contributed by atoms with Crippen LogP contribution in [0.1, 0.15) is 40.6 Å². The van der Waals surface area contributed by atoms with E-state index in [2.05, 4.69) is 15.5 Å². The quantitative estimate of drug-likeness (QED) is 0.855. The molecule has 2 aromatic rings. The fourth-order valence-corrected chi connectivity index (χ4v) is 4.95. The maximum atomic E-state index is 12.9. The maximum absolute atomic E-state index is 12.9. The van der Waals surface area contributed by atoms with E-state index in [0.717, 1.165) is 17.8 Å². The van der Waals surface area contributed by atoms with Crippen molar-refractivity contribution in [1.29, 1.82) is 0 Å². The number of carbonyl (C=O) groups is 1. The molecule has 7 nitrogen and oxygen atoms in total. The summed E-state index contributed by atoms with van der Waals surface area (Å²) in [5, 5.41) is 11.2. The second-order valence-corrected chi connectivity index (χ2v) is 8.80. The molecule has 1 aliphatic rings. The van der Waals surface area contributed by atoms with Crippen LogP contribution in [0.25, 0.3) is 0 Å². The second-order valence-electron chi connectivity index (χ2n) is 5.58. The number of hydrogen-bond donors (Lipinski definition) is 1. The molecule has 3 rings (SSSR count). The molecule has 10 heteroatoms. The molecule has 1 unspecified atom stereocenters. The first-order valence-corrected chi connectivity index (χ1v) is 10.2. The number of nitrogens with zero attached hydrogens (tertiary/aromatic N) is 3. The van der Waals surface area contributed by atoms with Crippen molar-refractivity contribution in [2.75, 3.05) is 17.6 Å². The van der Waals surface area contributed by atoms with Gasteiger partial charge in [0.2, 0.25) is 15.0 Å². The van der Waals surface area contributed by atoms with Crippen LogP contribution < -0.4 is 5.32 Å². The molecule has 1 atom stereocenters. The molecule has 1 amide bonds. The SMILES string of the molecule is CCS(=O)(=O)N1CCCC1c1nnc(C(=O)Nc2ccc(F)cc2)s1. The topological polar surface area (TPSA) is 92.3 Å². The van der Waals surface area contributed by atoms with E-state index in [1.54, 1.807) is 6.92 Å². The highest BCUT2D eigenvalue weighted by atomic mass is 32.2. The Morgan fingerprint density at radius 3 is 2.76 bits per heavy atom. The number of amides is 1. The summed E-state index contributed by atoms with van der Waals surface area (Å²) in [4.78, 5) is 12.2. The third kappa shape index (κ3) is 3.86. The molecule has 134 valence electrons. The highest BCUT2D eigenvalue weighted by Crippen LogP contribution is 2.35. The van der Waals surface area contributed by atoms with Crippen LogP contribution in [0.2, 0.25) is 0 Å². The molecule has 1 saturated heterocycles. The summed E-state index contributed by atoms with van der Waals surface area (Å²) in [6.07, 6.45) is 1.41. The zero-order valence-corrected chi connectivity index (χ0v) is 15.1. The van der Waals surface area contributed by atoms with Gasteiger partial charge in [-0.2, -0.15) is 4.31 Å². The molecular weight excluding hydrogens is 367 g/mol. The van der Waals surface area contributed by atoms with Gasteiger partial charge in [0, 0.05) is 12.2 Å². The molecule has 2 heterocycles. The molecule has 0 radical (unpaired) electrons. The first-order valence-electron chi connectivity index (χ1n) is 7.80. The summed E-state index contributed by atoms with van der Waals surface area (Å²) >= 11 is 1.08. The number of aromatic nitrogens is 2. The minimum Gasteiger partial charge on any atom is -0.320 e. The van der Waals surface area contributed by atoms with E-state index >= 15 is 0 Å². The molecule has 1 fully saturated rings. The third-order valence-corrected chi connectivity index (χ3v) is 6.85. The largest absolute Gasteiger partial charge is 0.320 e. The summed E-state index contributed by atoms with van der Waals surface area (Å²) in [6.45, 7) is 2.06. The Labute approximate surface area is 148 Å². The molecule has 0 aliphatic carbocycles. The zero-order valence-electron chi connectivity index (χ0n) is 13.5. The third-order valence-electron chi connectivity index (χ3n) is 3.95. The van der Waals surface area contributed by atoms with Crippen LogP contribution in [0.15, 0.2) is 24.3 Å². The van der Waals surface area contributed by atoms with E-state index in [9.17, 15) is 17.6 Å². The number of halogens is 1. The van der Waals surface area contributed by atoms with Crippen molar-refractivity contribution in [3.63, 3.8) is 0 Å². The van der Waals surface area contributed by atoms with Crippen molar-refractivity contribution in [1.82, 2.24) is 14.5 Å². The summed E-state index contributed by atoms with van der Waals surface area (Å²) < 4.78 is 38.7. The Kier molecular flexibility index (Phi) is 5.11. The molecule has 0 bridgehead atoms. The van der Waals surface area contributed by atoms with Crippen molar-refractivity contribution < 1.29 is 17.6 Å². The smallest absolute Gasteiger partial charge is 0.286 e. The van der Waals surface area contributed by atoms with E-state index in [1.165, 1.54) is 28.6 Å². The van der Waals surface area contributed by atoms with Crippen molar-refractivity contribution >= 4 is 33.0 Å². The van der Waals surface area contributed by atoms with E-state index in [1.807, 2.05) is 0 Å². The fraction of sp³-hybridized carbons (Fsp3) is 0.400. The monoisotopic (exact) mass is 384 g/mol. The standard InChI is InChI=1S/C15H17FN4O3S2/c1-2-25(22,23)20-9-3-4-12(20)14-18-19-15(24-14)13(21)17-11-7-5-10(16)6-8-11/h5-8,12H,2-4,9H2,1H3,(H,17,21). The maximum Gasteiger partial charge on any atom is 0.286 e. The number of anilines is 1. The lowest BCUT2D eigenvalue weighted by Gasteiger charge is -2.21. The van der Waals surface area contributed by atoms with Gasteiger partial charge in [-0.25, -0.2) is 12.8 Å².